The number of hydrogen-bond acceptors (Lipinski definition) is 4. The average Bonchev–Trinajstić information content (AvgIpc) is 3.36. The van der Waals surface area contributed by atoms with Gasteiger partial charge in [0.25, 0.3) is 5.91 Å². The Morgan fingerprint density at radius 2 is 1.52 bits per heavy atom. The first-order valence-electron chi connectivity index (χ1n) is 11.2. The Morgan fingerprint density at radius 3 is 2.27 bits per heavy atom. The number of nitrogens with one attached hydrogen (secondary N) is 2. The molecule has 0 unspecified atom stereocenters. The third-order valence-corrected chi connectivity index (χ3v) is 7.26. The SMILES string of the molecule is O=C(NCc1ccccc1CN1CCCC1)c1cccc(S(=O)(=O)NCc2ccccc2)c1. The van der Waals surface area contributed by atoms with Crippen LogP contribution in [-0.4, -0.2) is 32.3 Å². The van der Waals surface area contributed by atoms with E-state index in [0.29, 0.717) is 12.1 Å². The molecule has 1 aliphatic heterocycles. The van der Waals surface area contributed by atoms with Crippen molar-refractivity contribution in [3.8, 4) is 0 Å². The van der Waals surface area contributed by atoms with Crippen LogP contribution in [0.15, 0.2) is 83.8 Å². The number of carbonyl (C=O) groups is 1. The van der Waals surface area contributed by atoms with Crippen LogP contribution in [0.3, 0.4) is 0 Å². The molecule has 1 aliphatic rings. The molecule has 0 saturated carbocycles. The highest BCUT2D eigenvalue weighted by atomic mass is 32.2. The zero-order valence-corrected chi connectivity index (χ0v) is 19.4. The molecule has 2 N–H and O–H groups in total. The Kier molecular flexibility index (Phi) is 7.54. The molecule has 1 fully saturated rings. The molecule has 33 heavy (non-hydrogen) atoms. The van der Waals surface area contributed by atoms with Gasteiger partial charge in [0.05, 0.1) is 4.90 Å². The Bertz CT molecular complexity index is 1190. The summed E-state index contributed by atoms with van der Waals surface area (Å²) >= 11 is 0. The second kappa shape index (κ2) is 10.7. The predicted octanol–water partition coefficient (Wildman–Crippen LogP) is 3.69. The Balaban J connectivity index is 1.40. The van der Waals surface area contributed by atoms with E-state index in [4.69, 9.17) is 0 Å². The molecule has 3 aromatic rings. The van der Waals surface area contributed by atoms with Crippen molar-refractivity contribution in [2.24, 2.45) is 0 Å². The topological polar surface area (TPSA) is 78.5 Å². The monoisotopic (exact) mass is 463 g/mol. The molecule has 0 bridgehead atoms. The van der Waals surface area contributed by atoms with Gasteiger partial charge in [0.2, 0.25) is 10.0 Å². The number of nitrogens with zero attached hydrogens (tertiary/aromatic N) is 1. The zero-order valence-electron chi connectivity index (χ0n) is 18.5. The minimum atomic E-state index is -3.74. The lowest BCUT2D eigenvalue weighted by molar-refractivity contribution is 0.0950. The van der Waals surface area contributed by atoms with E-state index < -0.39 is 10.0 Å². The summed E-state index contributed by atoms with van der Waals surface area (Å²) in [5.41, 5.74) is 3.46. The van der Waals surface area contributed by atoms with E-state index in [-0.39, 0.29) is 17.3 Å². The van der Waals surface area contributed by atoms with E-state index in [1.54, 1.807) is 12.1 Å². The average molecular weight is 464 g/mol. The number of hydrogen-bond donors (Lipinski definition) is 2. The molecule has 0 atom stereocenters. The van der Waals surface area contributed by atoms with Crippen molar-refractivity contribution in [1.29, 1.82) is 0 Å². The second-order valence-electron chi connectivity index (χ2n) is 8.27. The molecule has 0 spiro atoms. The van der Waals surface area contributed by atoms with Crippen LogP contribution in [0.25, 0.3) is 0 Å². The predicted molar refractivity (Wildman–Crippen MR) is 129 cm³/mol. The zero-order chi connectivity index (χ0) is 23.1. The molecule has 6 nitrogen and oxygen atoms in total. The number of likely N-dealkylation sites (tertiary alicyclic amines) is 1. The van der Waals surface area contributed by atoms with Crippen LogP contribution >= 0.6 is 0 Å². The van der Waals surface area contributed by atoms with Crippen molar-refractivity contribution in [1.82, 2.24) is 14.9 Å². The summed E-state index contributed by atoms with van der Waals surface area (Å²) in [6, 6.07) is 23.6. The summed E-state index contributed by atoms with van der Waals surface area (Å²) in [6.07, 6.45) is 2.47. The molecular formula is C26H29N3O3S. The van der Waals surface area contributed by atoms with Gasteiger partial charge in [-0.25, -0.2) is 13.1 Å². The van der Waals surface area contributed by atoms with Gasteiger partial charge in [0, 0.05) is 25.2 Å². The molecule has 7 heteroatoms. The molecule has 1 saturated heterocycles. The number of amides is 1. The van der Waals surface area contributed by atoms with Gasteiger partial charge in [-0.1, -0.05) is 60.7 Å². The molecule has 3 aromatic carbocycles. The van der Waals surface area contributed by atoms with Crippen molar-refractivity contribution in [2.45, 2.75) is 37.4 Å². The van der Waals surface area contributed by atoms with Gasteiger partial charge < -0.3 is 5.32 Å². The van der Waals surface area contributed by atoms with E-state index in [2.05, 4.69) is 21.0 Å². The van der Waals surface area contributed by atoms with Gasteiger partial charge in [-0.05, 0) is 60.8 Å². The minimum Gasteiger partial charge on any atom is -0.348 e. The molecular weight excluding hydrogens is 434 g/mol. The van der Waals surface area contributed by atoms with Crippen molar-refractivity contribution < 1.29 is 13.2 Å². The lowest BCUT2D eigenvalue weighted by Crippen LogP contribution is -2.26. The minimum absolute atomic E-state index is 0.0699. The first kappa shape index (κ1) is 23.2. The summed E-state index contributed by atoms with van der Waals surface area (Å²) in [6.45, 7) is 3.69. The summed E-state index contributed by atoms with van der Waals surface area (Å²) in [5, 5.41) is 2.94. The molecule has 4 rings (SSSR count). The van der Waals surface area contributed by atoms with E-state index in [0.717, 1.165) is 30.8 Å². The number of carbonyl (C=O) groups excluding carboxylic acids is 1. The van der Waals surface area contributed by atoms with E-state index in [1.165, 1.54) is 30.5 Å². The third-order valence-electron chi connectivity index (χ3n) is 5.87. The highest BCUT2D eigenvalue weighted by Gasteiger charge is 2.17. The van der Waals surface area contributed by atoms with Gasteiger partial charge in [-0.15, -0.1) is 0 Å². The largest absolute Gasteiger partial charge is 0.348 e. The molecule has 1 amide bonds. The van der Waals surface area contributed by atoms with Gasteiger partial charge in [0.15, 0.2) is 0 Å². The summed E-state index contributed by atoms with van der Waals surface area (Å²) < 4.78 is 28.0. The van der Waals surface area contributed by atoms with Crippen LogP contribution in [0.5, 0.6) is 0 Å². The fraction of sp³-hybridized carbons (Fsp3) is 0.269. The lowest BCUT2D eigenvalue weighted by atomic mass is 10.1. The highest BCUT2D eigenvalue weighted by Crippen LogP contribution is 2.17. The second-order valence-corrected chi connectivity index (χ2v) is 10.0. The Morgan fingerprint density at radius 1 is 0.818 bits per heavy atom. The maximum absolute atomic E-state index is 12.8. The van der Waals surface area contributed by atoms with E-state index in [9.17, 15) is 13.2 Å². The molecule has 0 aliphatic carbocycles. The van der Waals surface area contributed by atoms with Gasteiger partial charge in [-0.2, -0.15) is 0 Å². The van der Waals surface area contributed by atoms with Gasteiger partial charge in [-0.3, -0.25) is 9.69 Å². The van der Waals surface area contributed by atoms with Crippen LogP contribution in [0.2, 0.25) is 0 Å². The highest BCUT2D eigenvalue weighted by molar-refractivity contribution is 7.89. The molecule has 0 aromatic heterocycles. The Labute approximate surface area is 195 Å². The normalized spacial score (nSPS) is 14.3. The smallest absolute Gasteiger partial charge is 0.251 e. The summed E-state index contributed by atoms with van der Waals surface area (Å²) in [7, 11) is -3.74. The van der Waals surface area contributed by atoms with E-state index >= 15 is 0 Å². The maximum atomic E-state index is 12.8. The van der Waals surface area contributed by atoms with Crippen LogP contribution in [-0.2, 0) is 29.7 Å². The van der Waals surface area contributed by atoms with Crippen LogP contribution < -0.4 is 10.0 Å². The van der Waals surface area contributed by atoms with Crippen molar-refractivity contribution in [3.63, 3.8) is 0 Å². The van der Waals surface area contributed by atoms with Gasteiger partial charge in [0.1, 0.15) is 0 Å². The van der Waals surface area contributed by atoms with E-state index in [1.807, 2.05) is 48.5 Å². The Hall–Kier alpha value is -3.00. The first-order valence-corrected chi connectivity index (χ1v) is 12.7. The quantitative estimate of drug-likeness (QED) is 0.507. The van der Waals surface area contributed by atoms with Gasteiger partial charge >= 0.3 is 0 Å². The number of rotatable bonds is 9. The van der Waals surface area contributed by atoms with Crippen molar-refractivity contribution >= 4 is 15.9 Å². The van der Waals surface area contributed by atoms with Crippen LogP contribution in [0.4, 0.5) is 0 Å². The van der Waals surface area contributed by atoms with Crippen molar-refractivity contribution in [2.75, 3.05) is 13.1 Å². The third kappa shape index (κ3) is 6.28. The molecule has 172 valence electrons. The van der Waals surface area contributed by atoms with Crippen LogP contribution in [0, 0.1) is 0 Å². The fourth-order valence-electron chi connectivity index (χ4n) is 4.01. The molecule has 0 radical (unpaired) electrons. The van der Waals surface area contributed by atoms with Crippen molar-refractivity contribution in [3.05, 3.63) is 101 Å². The maximum Gasteiger partial charge on any atom is 0.251 e. The number of benzene rings is 3. The lowest BCUT2D eigenvalue weighted by Gasteiger charge is -2.17. The summed E-state index contributed by atoms with van der Waals surface area (Å²) in [4.78, 5) is 15.3. The fourth-order valence-corrected chi connectivity index (χ4v) is 5.07. The number of sulfonamides is 1. The standard InChI is InChI=1S/C26H29N3O3S/c30-26(27-19-23-11-4-5-12-24(23)20-29-15-6-7-16-29)22-13-8-14-25(17-22)33(31,32)28-18-21-9-2-1-3-10-21/h1-5,8-14,17,28H,6-7,15-16,18-20H2,(H,27,30). The first-order chi connectivity index (χ1) is 16.0. The van der Waals surface area contributed by atoms with Crippen LogP contribution in [0.1, 0.15) is 39.9 Å². The molecule has 1 heterocycles. The summed E-state index contributed by atoms with van der Waals surface area (Å²) in [5.74, 6) is -0.300.